The molecule has 0 bridgehead atoms. The third-order valence-corrected chi connectivity index (χ3v) is 1.67. The lowest BCUT2D eigenvalue weighted by molar-refractivity contribution is 0.140. The van der Waals surface area contributed by atoms with Gasteiger partial charge in [-0.25, -0.2) is 10.3 Å². The van der Waals surface area contributed by atoms with Gasteiger partial charge in [0.2, 0.25) is 0 Å². The molecule has 0 aliphatic carbocycles. The third-order valence-electron chi connectivity index (χ3n) is 1.67. The fraction of sp³-hybridized carbons (Fsp3) is 0.250. The van der Waals surface area contributed by atoms with Crippen molar-refractivity contribution < 1.29 is 19.4 Å². The Hall–Kier alpha value is -1.33. The first kappa shape index (κ1) is 9.76. The Morgan fingerprint density at radius 3 is 2.62 bits per heavy atom. The van der Waals surface area contributed by atoms with Crippen LogP contribution in [0.2, 0.25) is 0 Å². The van der Waals surface area contributed by atoms with Gasteiger partial charge in [0.05, 0.1) is 6.61 Å². The van der Waals surface area contributed by atoms with Crippen LogP contribution in [-0.4, -0.2) is 16.8 Å². The van der Waals surface area contributed by atoms with Gasteiger partial charge in [-0.1, -0.05) is 6.07 Å². The topological polar surface area (TPSA) is 75.7 Å². The van der Waals surface area contributed by atoms with Crippen molar-refractivity contribution >= 4 is 0 Å². The minimum Gasteiger partial charge on any atom is -0.504 e. The van der Waals surface area contributed by atoms with Crippen molar-refractivity contribution in [3.63, 3.8) is 0 Å². The maximum absolute atomic E-state index is 12.6. The minimum atomic E-state index is -0.852. The van der Waals surface area contributed by atoms with Crippen molar-refractivity contribution in [2.75, 3.05) is 6.61 Å². The highest BCUT2D eigenvalue weighted by Gasteiger charge is 2.10. The highest BCUT2D eigenvalue weighted by atomic mass is 19.1. The maximum atomic E-state index is 12.6. The van der Waals surface area contributed by atoms with E-state index in [-0.39, 0.29) is 6.61 Å². The van der Waals surface area contributed by atoms with Crippen molar-refractivity contribution in [3.8, 4) is 11.5 Å². The van der Waals surface area contributed by atoms with E-state index in [4.69, 9.17) is 11.0 Å². The molecule has 5 heteroatoms. The monoisotopic (exact) mass is 187 g/mol. The molecule has 1 rings (SSSR count). The van der Waals surface area contributed by atoms with E-state index in [2.05, 4.69) is 4.84 Å². The second-order valence-corrected chi connectivity index (χ2v) is 2.52. The molecule has 0 unspecified atom stereocenters. The predicted molar refractivity (Wildman–Crippen MR) is 43.6 cm³/mol. The summed E-state index contributed by atoms with van der Waals surface area (Å²) in [5.41, 5.74) is 0.393. The summed E-state index contributed by atoms with van der Waals surface area (Å²) in [7, 11) is 0. The highest BCUT2D eigenvalue weighted by molar-refractivity contribution is 5.45. The van der Waals surface area contributed by atoms with Crippen molar-refractivity contribution in [1.29, 1.82) is 0 Å². The van der Waals surface area contributed by atoms with Gasteiger partial charge in [0.1, 0.15) is 0 Å². The summed E-state index contributed by atoms with van der Waals surface area (Å²) in [4.78, 5) is 4.28. The number of phenols is 2. The second-order valence-electron chi connectivity index (χ2n) is 2.52. The molecule has 0 aliphatic rings. The number of aromatic hydroxyl groups is 2. The van der Waals surface area contributed by atoms with Gasteiger partial charge in [-0.2, -0.15) is 0 Å². The summed E-state index contributed by atoms with van der Waals surface area (Å²) in [6, 6.07) is 2.43. The zero-order valence-corrected chi connectivity index (χ0v) is 6.83. The van der Waals surface area contributed by atoms with Crippen LogP contribution >= 0.6 is 0 Å². The van der Waals surface area contributed by atoms with Crippen LogP contribution in [-0.2, 0) is 11.3 Å². The first-order chi connectivity index (χ1) is 6.16. The van der Waals surface area contributed by atoms with Crippen LogP contribution in [0.15, 0.2) is 12.1 Å². The van der Waals surface area contributed by atoms with Crippen LogP contribution in [0.4, 0.5) is 4.39 Å². The molecule has 4 N–H and O–H groups in total. The smallest absolute Gasteiger partial charge is 0.194 e. The molecule has 0 radical (unpaired) electrons. The van der Waals surface area contributed by atoms with Crippen LogP contribution in [0.3, 0.4) is 0 Å². The van der Waals surface area contributed by atoms with Gasteiger partial charge in [-0.05, 0) is 6.07 Å². The average molecular weight is 187 g/mol. The van der Waals surface area contributed by atoms with Gasteiger partial charge >= 0.3 is 0 Å². The molecule has 0 fully saturated rings. The number of nitrogens with two attached hydrogens (primary N) is 1. The Bertz CT molecular complexity index is 304. The molecule has 1 aromatic rings. The van der Waals surface area contributed by atoms with E-state index < -0.39 is 17.3 Å². The van der Waals surface area contributed by atoms with Crippen LogP contribution in [0.5, 0.6) is 11.5 Å². The van der Waals surface area contributed by atoms with Crippen molar-refractivity contribution in [1.82, 2.24) is 0 Å². The molecule has 0 heterocycles. The number of phenolic OH excluding ortho intramolecular Hbond substituents is 2. The van der Waals surface area contributed by atoms with E-state index in [1.807, 2.05) is 0 Å². The molecule has 72 valence electrons. The zero-order valence-electron chi connectivity index (χ0n) is 6.83. The Labute approximate surface area is 74.3 Å². The molecule has 0 aliphatic heterocycles. The van der Waals surface area contributed by atoms with Gasteiger partial charge in [0, 0.05) is 12.0 Å². The van der Waals surface area contributed by atoms with E-state index in [9.17, 15) is 9.50 Å². The summed E-state index contributed by atoms with van der Waals surface area (Å²) >= 11 is 0. The van der Waals surface area contributed by atoms with E-state index in [0.29, 0.717) is 12.0 Å². The molecule has 0 saturated carbocycles. The Kier molecular flexibility index (Phi) is 3.05. The SMILES string of the molecule is NOCCc1ccc(F)c(O)c1O. The van der Waals surface area contributed by atoms with Crippen molar-refractivity contribution in [2.45, 2.75) is 6.42 Å². The molecule has 4 nitrogen and oxygen atoms in total. The van der Waals surface area contributed by atoms with E-state index in [1.54, 1.807) is 0 Å². The molecule has 0 spiro atoms. The van der Waals surface area contributed by atoms with Crippen LogP contribution in [0, 0.1) is 5.82 Å². The summed E-state index contributed by atoms with van der Waals surface area (Å²) in [5, 5.41) is 18.2. The summed E-state index contributed by atoms with van der Waals surface area (Å²) < 4.78 is 12.6. The van der Waals surface area contributed by atoms with Crippen molar-refractivity contribution in [3.05, 3.63) is 23.5 Å². The van der Waals surface area contributed by atoms with Gasteiger partial charge in [0.15, 0.2) is 17.3 Å². The lowest BCUT2D eigenvalue weighted by Gasteiger charge is -2.05. The molecule has 0 aromatic heterocycles. The molecular formula is C8H10FNO3. The number of hydrogen-bond acceptors (Lipinski definition) is 4. The van der Waals surface area contributed by atoms with E-state index >= 15 is 0 Å². The van der Waals surface area contributed by atoms with Crippen LogP contribution < -0.4 is 5.90 Å². The zero-order chi connectivity index (χ0) is 9.84. The Balaban J connectivity index is 2.90. The van der Waals surface area contributed by atoms with Gasteiger partial charge in [-0.3, -0.25) is 0 Å². The lowest BCUT2D eigenvalue weighted by atomic mass is 10.1. The maximum Gasteiger partial charge on any atom is 0.194 e. The Morgan fingerprint density at radius 1 is 1.31 bits per heavy atom. The largest absolute Gasteiger partial charge is 0.504 e. The van der Waals surface area contributed by atoms with Gasteiger partial charge in [-0.15, -0.1) is 0 Å². The average Bonchev–Trinajstić information content (AvgIpc) is 2.13. The van der Waals surface area contributed by atoms with Gasteiger partial charge < -0.3 is 15.1 Å². The highest BCUT2D eigenvalue weighted by Crippen LogP contribution is 2.31. The van der Waals surface area contributed by atoms with Crippen molar-refractivity contribution in [2.24, 2.45) is 5.90 Å². The fourth-order valence-corrected chi connectivity index (χ4v) is 0.967. The first-order valence-corrected chi connectivity index (χ1v) is 3.67. The molecule has 0 amide bonds. The summed E-state index contributed by atoms with van der Waals surface area (Å²) in [6.45, 7) is 0.193. The summed E-state index contributed by atoms with van der Waals surface area (Å²) in [6.07, 6.45) is 0.316. The fourth-order valence-electron chi connectivity index (χ4n) is 0.967. The molecule has 0 atom stereocenters. The summed E-state index contributed by atoms with van der Waals surface area (Å²) in [5.74, 6) is 2.72. The molecule has 0 saturated heterocycles. The molecule has 13 heavy (non-hydrogen) atoms. The quantitative estimate of drug-likeness (QED) is 0.480. The number of rotatable bonds is 3. The third kappa shape index (κ3) is 2.07. The second kappa shape index (κ2) is 4.06. The number of halogens is 1. The number of hydrogen-bond donors (Lipinski definition) is 3. The molecular weight excluding hydrogens is 177 g/mol. The molecule has 1 aromatic carbocycles. The van der Waals surface area contributed by atoms with E-state index in [1.165, 1.54) is 6.07 Å². The predicted octanol–water partition coefficient (Wildman–Crippen LogP) is 0.670. The van der Waals surface area contributed by atoms with E-state index in [0.717, 1.165) is 6.07 Å². The normalized spacial score (nSPS) is 10.3. The first-order valence-electron chi connectivity index (χ1n) is 3.67. The minimum absolute atomic E-state index is 0.193. The van der Waals surface area contributed by atoms with Crippen LogP contribution in [0.1, 0.15) is 5.56 Å². The lowest BCUT2D eigenvalue weighted by Crippen LogP contribution is -2.03. The van der Waals surface area contributed by atoms with Gasteiger partial charge in [0.25, 0.3) is 0 Å². The Morgan fingerprint density at radius 2 is 2.00 bits per heavy atom. The van der Waals surface area contributed by atoms with Crippen LogP contribution in [0.25, 0.3) is 0 Å². The standard InChI is InChI=1S/C8H10FNO3/c9-6-2-1-5(3-4-13-10)7(11)8(6)12/h1-2,11-12H,3-4,10H2. The number of benzene rings is 1.